The van der Waals surface area contributed by atoms with Gasteiger partial charge in [0.1, 0.15) is 12.0 Å². The van der Waals surface area contributed by atoms with Crippen molar-refractivity contribution in [1.29, 1.82) is 0 Å². The third-order valence-electron chi connectivity index (χ3n) is 12.8. The van der Waals surface area contributed by atoms with Crippen LogP contribution in [0.5, 0.6) is 0 Å². The van der Waals surface area contributed by atoms with Crippen LogP contribution in [0.3, 0.4) is 0 Å². The number of hydrogen-bond acceptors (Lipinski definition) is 13. The predicted octanol–water partition coefficient (Wildman–Crippen LogP) is 6.27. The van der Waals surface area contributed by atoms with E-state index in [9.17, 15) is 14.4 Å². The summed E-state index contributed by atoms with van der Waals surface area (Å²) in [6.07, 6.45) is -3.10. The Morgan fingerprint density at radius 3 is 2.25 bits per heavy atom. The molecule has 3 fully saturated rings. The number of hydrogen-bond donors (Lipinski definition) is 0. The number of methoxy groups -OCH3 is 1. The van der Waals surface area contributed by atoms with Gasteiger partial charge in [0.25, 0.3) is 0 Å². The smallest absolute Gasteiger partial charge is 0.338 e. The monoisotopic (exact) mass is 771 g/mol. The molecule has 13 nitrogen and oxygen atoms in total. The molecule has 0 saturated carbocycles. The van der Waals surface area contributed by atoms with Gasteiger partial charge in [-0.1, -0.05) is 45.9 Å². The molecule has 0 aromatic heterocycles. The maximum atomic E-state index is 14.6. The molecule has 5 rings (SSSR count). The number of ketones is 1. The highest BCUT2D eigenvalue weighted by Gasteiger charge is 2.62. The topological polar surface area (TPSA) is 144 Å². The van der Waals surface area contributed by atoms with Gasteiger partial charge in [0, 0.05) is 18.9 Å². The zero-order chi connectivity index (χ0) is 40.6. The fourth-order valence-electron chi connectivity index (χ4n) is 9.70. The second-order valence-electron chi connectivity index (χ2n) is 17.4. The van der Waals surface area contributed by atoms with Gasteiger partial charge in [-0.05, 0) is 93.0 Å². The summed E-state index contributed by atoms with van der Waals surface area (Å²) in [7, 11) is 5.46. The molecule has 0 amide bonds. The first-order valence-corrected chi connectivity index (χ1v) is 20.0. The van der Waals surface area contributed by atoms with Gasteiger partial charge in [-0.25, -0.2) is 4.79 Å². The summed E-state index contributed by atoms with van der Waals surface area (Å²) in [6, 6.07) is 8.21. The van der Waals surface area contributed by atoms with Crippen LogP contribution < -0.4 is 0 Å². The summed E-state index contributed by atoms with van der Waals surface area (Å²) < 4.78 is 46.1. The van der Waals surface area contributed by atoms with Gasteiger partial charge in [0.2, 0.25) is 0 Å². The third-order valence-corrected chi connectivity index (χ3v) is 12.8. The molecule has 13 heteroatoms. The van der Waals surface area contributed by atoms with Crippen molar-refractivity contribution in [1.82, 2.24) is 4.90 Å². The minimum Gasteiger partial charge on any atom is -0.461 e. The first-order chi connectivity index (χ1) is 25.8. The number of likely N-dealkylation sites (N-methyl/N-ethyl adjacent to an activating group) is 1. The van der Waals surface area contributed by atoms with Crippen LogP contribution in [-0.4, -0.2) is 117 Å². The number of carbonyl (C=O) groups excluding carboxylic acids is 3. The number of esters is 2. The van der Waals surface area contributed by atoms with Crippen LogP contribution in [0.25, 0.3) is 0 Å². The highest BCUT2D eigenvalue weighted by Crippen LogP contribution is 2.51. The Balaban J connectivity index is 1.59. The Bertz CT molecular complexity index is 1540. The lowest BCUT2D eigenvalue weighted by Crippen LogP contribution is -2.65. The molecule has 2 unspecified atom stereocenters. The zero-order valence-electron chi connectivity index (χ0n) is 35.1. The average Bonchev–Trinajstić information content (AvgIpc) is 3.54. The number of Topliss-reactive ketones (excluding diaryl/α,β-unsaturated/α-hetero) is 1. The normalized spacial score (nSPS) is 42.5. The molecule has 0 aliphatic carbocycles. The molecule has 1 aromatic rings. The number of carbonyl (C=O) groups is 3. The van der Waals surface area contributed by atoms with Gasteiger partial charge < -0.3 is 38.1 Å². The van der Waals surface area contributed by atoms with Crippen molar-refractivity contribution in [2.24, 2.45) is 39.3 Å². The van der Waals surface area contributed by atoms with Crippen molar-refractivity contribution < 1.29 is 47.5 Å². The van der Waals surface area contributed by atoms with Gasteiger partial charge in [-0.3, -0.25) is 9.59 Å². The Morgan fingerprint density at radius 1 is 1.00 bits per heavy atom. The van der Waals surface area contributed by atoms with E-state index in [1.807, 2.05) is 66.6 Å². The fraction of sp³-hybridized carbons (Fsp3) is 0.786. The predicted molar refractivity (Wildman–Crippen MR) is 204 cm³/mol. The van der Waals surface area contributed by atoms with Gasteiger partial charge >= 0.3 is 11.9 Å². The minimum absolute atomic E-state index is 0.142. The van der Waals surface area contributed by atoms with E-state index in [4.69, 9.17) is 33.2 Å². The molecule has 15 atom stereocenters. The lowest BCUT2D eigenvalue weighted by Gasteiger charge is -2.55. The largest absolute Gasteiger partial charge is 0.461 e. The number of cyclic esters (lactones) is 1. The van der Waals surface area contributed by atoms with E-state index in [1.54, 1.807) is 45.2 Å². The van der Waals surface area contributed by atoms with Crippen molar-refractivity contribution in [2.75, 3.05) is 27.7 Å². The molecule has 1 aromatic carbocycles. The van der Waals surface area contributed by atoms with Crippen molar-refractivity contribution in [3.8, 4) is 0 Å². The highest BCUT2D eigenvalue weighted by molar-refractivity contribution is 6.00. The minimum atomic E-state index is -1.14. The first kappa shape index (κ1) is 43.3. The molecule has 0 N–H and O–H groups in total. The number of nitrogens with zero attached hydrogens (tertiary/aromatic N) is 3. The quantitative estimate of drug-likeness (QED) is 0.229. The van der Waals surface area contributed by atoms with Gasteiger partial charge in [0.15, 0.2) is 24.0 Å². The van der Waals surface area contributed by atoms with Crippen molar-refractivity contribution >= 4 is 17.7 Å². The zero-order valence-corrected chi connectivity index (χ0v) is 35.1. The molecule has 4 aliphatic rings. The number of rotatable bonds is 7. The highest BCUT2D eigenvalue weighted by atomic mass is 16.7. The van der Waals surface area contributed by atoms with Crippen LogP contribution in [0.1, 0.15) is 98.9 Å². The molecular formula is C42H65N3O10. The molecule has 3 saturated heterocycles. The molecule has 4 aliphatic heterocycles. The van der Waals surface area contributed by atoms with Crippen molar-refractivity contribution in [3.63, 3.8) is 0 Å². The number of benzene rings is 1. The van der Waals surface area contributed by atoms with E-state index in [1.165, 1.54) is 0 Å². The summed E-state index contributed by atoms with van der Waals surface area (Å²) in [6.45, 7) is 19.6. The molecular weight excluding hydrogens is 706 g/mol. The van der Waals surface area contributed by atoms with E-state index < -0.39 is 71.3 Å². The standard InChI is InChI=1S/C42H65N3O10/c1-14-31-42(22-43-44-28(42)7)36-27(6)33(54-40(8,9)55-36)23(2)21-41(10,49-13)35(25(4)32(46)26(5)37(47)51-31)53-39-34(30(45(11)12)20-24(3)50-39)52-38(48)29-18-16-15-17-19-29/h15-19,23-28,30-31,33-36,39H,14,20-22H2,1-13H3/t23-,24-,25+,26-,27+,28?,30+,31-,33+,34-,35-,36-,39+,41-,42?/m1/s1. The molecule has 0 radical (unpaired) electrons. The second kappa shape index (κ2) is 17.0. The van der Waals surface area contributed by atoms with Crippen LogP contribution in [0.4, 0.5) is 0 Å². The first-order valence-electron chi connectivity index (χ1n) is 20.0. The molecule has 1 spiro atoms. The van der Waals surface area contributed by atoms with Gasteiger partial charge in [0.05, 0.1) is 59.6 Å². The van der Waals surface area contributed by atoms with Gasteiger partial charge in [-0.15, -0.1) is 0 Å². The second-order valence-corrected chi connectivity index (χ2v) is 17.4. The van der Waals surface area contributed by atoms with E-state index in [0.29, 0.717) is 31.4 Å². The summed E-state index contributed by atoms with van der Waals surface area (Å²) >= 11 is 0. The maximum Gasteiger partial charge on any atom is 0.338 e. The Labute approximate surface area is 327 Å². The van der Waals surface area contributed by atoms with E-state index >= 15 is 0 Å². The summed E-state index contributed by atoms with van der Waals surface area (Å²) in [5.41, 5.74) is -1.50. The lowest BCUT2D eigenvalue weighted by atomic mass is 9.64. The molecule has 308 valence electrons. The Morgan fingerprint density at radius 2 is 1.67 bits per heavy atom. The van der Waals surface area contributed by atoms with Crippen LogP contribution in [0.15, 0.2) is 40.6 Å². The SMILES string of the molecule is CC[C@H]1OC(=O)[C@H](C)C(=O)[C@H](C)[C@@H](O[C@@H]2O[C@H](C)C[C@H](N(C)C)[C@H]2OC(=O)c2ccccc2)[C@](C)(OC)C[C@@H](C)[C@@H]2OC(C)(C)O[C@H]([C@H]2C)C12CN=NC2C. The van der Waals surface area contributed by atoms with E-state index in [-0.39, 0.29) is 41.9 Å². The number of fused-ring (bicyclic) bond motifs is 3. The van der Waals surface area contributed by atoms with Gasteiger partial charge in [-0.2, -0.15) is 10.2 Å². The van der Waals surface area contributed by atoms with E-state index in [0.717, 1.165) is 0 Å². The van der Waals surface area contributed by atoms with Crippen molar-refractivity contribution in [3.05, 3.63) is 35.9 Å². The van der Waals surface area contributed by atoms with Crippen LogP contribution in [-0.2, 0) is 42.7 Å². The van der Waals surface area contributed by atoms with Crippen LogP contribution in [0.2, 0.25) is 0 Å². The fourth-order valence-corrected chi connectivity index (χ4v) is 9.70. The molecule has 55 heavy (non-hydrogen) atoms. The Hall–Kier alpha value is -2.81. The van der Waals surface area contributed by atoms with Crippen LogP contribution in [0, 0.1) is 29.1 Å². The third kappa shape index (κ3) is 8.57. The Kier molecular flexibility index (Phi) is 13.4. The summed E-state index contributed by atoms with van der Waals surface area (Å²) in [5.74, 6) is -4.83. The number of azo groups is 1. The summed E-state index contributed by atoms with van der Waals surface area (Å²) in [4.78, 5) is 44.3. The van der Waals surface area contributed by atoms with E-state index in [2.05, 4.69) is 24.1 Å². The molecule has 2 bridgehead atoms. The van der Waals surface area contributed by atoms with Crippen molar-refractivity contribution in [2.45, 2.75) is 155 Å². The average molecular weight is 772 g/mol. The maximum absolute atomic E-state index is 14.6. The summed E-state index contributed by atoms with van der Waals surface area (Å²) in [5, 5.41) is 9.05. The molecule has 4 heterocycles. The number of ether oxygens (including phenoxy) is 7. The van der Waals surface area contributed by atoms with Crippen LogP contribution >= 0.6 is 0 Å². The lowest BCUT2D eigenvalue weighted by molar-refractivity contribution is -0.353.